The van der Waals surface area contributed by atoms with Crippen molar-refractivity contribution in [3.63, 3.8) is 0 Å². The zero-order chi connectivity index (χ0) is 12.3. The lowest BCUT2D eigenvalue weighted by atomic mass is 9.95. The van der Waals surface area contributed by atoms with Crippen LogP contribution in [-0.2, 0) is 15.9 Å². The van der Waals surface area contributed by atoms with Gasteiger partial charge in [0.15, 0.2) is 0 Å². The van der Waals surface area contributed by atoms with Crippen molar-refractivity contribution in [2.24, 2.45) is 0 Å². The highest BCUT2D eigenvalue weighted by Crippen LogP contribution is 2.30. The third kappa shape index (κ3) is 2.94. The summed E-state index contributed by atoms with van der Waals surface area (Å²) in [6.07, 6.45) is 5.69. The monoisotopic (exact) mass is 251 g/mol. The van der Waals surface area contributed by atoms with Gasteiger partial charge in [0, 0.05) is 26.1 Å². The number of hydrogen-bond donors (Lipinski definition) is 0. The molecule has 94 valence electrons. The summed E-state index contributed by atoms with van der Waals surface area (Å²) in [7, 11) is 3.01. The van der Waals surface area contributed by atoms with Crippen molar-refractivity contribution >= 4 is 9.52 Å². The van der Waals surface area contributed by atoms with Gasteiger partial charge in [0.05, 0.1) is 9.52 Å². The summed E-state index contributed by atoms with van der Waals surface area (Å²) in [6.45, 7) is 2.11. The van der Waals surface area contributed by atoms with E-state index in [9.17, 15) is 0 Å². The molecule has 0 fully saturated rings. The minimum Gasteiger partial charge on any atom is -0.360 e. The molecule has 0 bridgehead atoms. The Hall–Kier alpha value is -0.713. The highest BCUT2D eigenvalue weighted by atomic mass is 28.2. The minimum absolute atomic E-state index is 0.0223. The van der Waals surface area contributed by atoms with E-state index in [-0.39, 0.29) is 5.91 Å². The maximum atomic E-state index is 5.35. The molecule has 0 N–H and O–H groups in total. The molecule has 0 saturated heterocycles. The van der Waals surface area contributed by atoms with E-state index in [1.54, 1.807) is 14.2 Å². The van der Waals surface area contributed by atoms with Crippen LogP contribution in [0.15, 0.2) is 12.3 Å². The summed E-state index contributed by atoms with van der Waals surface area (Å²) in [4.78, 5) is 4.65. The van der Waals surface area contributed by atoms with Crippen LogP contribution in [0.2, 0.25) is 0 Å². The molecule has 17 heavy (non-hydrogen) atoms. The highest BCUT2D eigenvalue weighted by molar-refractivity contribution is 6.38. The van der Waals surface area contributed by atoms with Crippen LogP contribution in [0.1, 0.15) is 35.2 Å². The van der Waals surface area contributed by atoms with E-state index < -0.39 is 9.52 Å². The first-order valence-electron chi connectivity index (χ1n) is 6.25. The summed E-state index contributed by atoms with van der Waals surface area (Å²) in [5.41, 5.74) is 4.64. The van der Waals surface area contributed by atoms with Crippen LogP contribution in [0, 0.1) is 6.92 Å². The first kappa shape index (κ1) is 12.7. The number of rotatable bonds is 4. The summed E-state index contributed by atoms with van der Waals surface area (Å²) >= 11 is 0. The van der Waals surface area contributed by atoms with Crippen LogP contribution < -0.4 is 0 Å². The van der Waals surface area contributed by atoms with E-state index >= 15 is 0 Å². The smallest absolute Gasteiger partial charge is 0.134 e. The zero-order valence-corrected chi connectivity index (χ0v) is 12.3. The number of nitrogens with zero attached hydrogens (tertiary/aromatic N) is 1. The molecule has 0 radical (unpaired) electrons. The lowest BCUT2D eigenvalue weighted by molar-refractivity contribution is -0.0449. The fourth-order valence-electron chi connectivity index (χ4n) is 2.63. The molecule has 1 aromatic heterocycles. The lowest BCUT2D eigenvalue weighted by Crippen LogP contribution is -2.29. The van der Waals surface area contributed by atoms with Gasteiger partial charge >= 0.3 is 0 Å². The SMILES string of the molecule is COC(OC)[SiH2]C1CCCc2cc(C)cnc21. The standard InChI is InChI=1S/C13H21NO2Si/c1-9-7-10-5-4-6-11(12(10)14-8-9)17-13(15-2)16-3/h7-8,11,13H,4-6,17H2,1-3H3. The van der Waals surface area contributed by atoms with Gasteiger partial charge in [-0.05, 0) is 42.9 Å². The van der Waals surface area contributed by atoms with Crippen LogP contribution >= 0.6 is 0 Å². The van der Waals surface area contributed by atoms with E-state index in [1.165, 1.54) is 36.1 Å². The molecule has 1 aliphatic carbocycles. The van der Waals surface area contributed by atoms with Gasteiger partial charge in [-0.1, -0.05) is 6.07 Å². The van der Waals surface area contributed by atoms with E-state index in [0.717, 1.165) is 0 Å². The first-order valence-corrected chi connectivity index (χ1v) is 7.89. The molecule has 0 spiro atoms. The van der Waals surface area contributed by atoms with Crippen molar-refractivity contribution in [1.29, 1.82) is 0 Å². The van der Waals surface area contributed by atoms with Gasteiger partial charge in [-0.15, -0.1) is 0 Å². The molecule has 1 aliphatic rings. The molecule has 0 amide bonds. The number of pyridine rings is 1. The quantitative estimate of drug-likeness (QED) is 0.600. The van der Waals surface area contributed by atoms with Crippen LogP contribution in [-0.4, -0.2) is 34.6 Å². The largest absolute Gasteiger partial charge is 0.360 e. The van der Waals surface area contributed by atoms with Gasteiger partial charge in [-0.2, -0.15) is 0 Å². The van der Waals surface area contributed by atoms with Crippen LogP contribution in [0.3, 0.4) is 0 Å². The Morgan fingerprint density at radius 3 is 2.88 bits per heavy atom. The zero-order valence-electron chi connectivity index (χ0n) is 10.9. The number of hydrogen-bond acceptors (Lipinski definition) is 3. The van der Waals surface area contributed by atoms with E-state index in [4.69, 9.17) is 9.47 Å². The Labute approximate surface area is 105 Å². The van der Waals surface area contributed by atoms with Crippen molar-refractivity contribution in [3.05, 3.63) is 29.1 Å². The molecule has 0 saturated carbocycles. The second-order valence-electron chi connectivity index (χ2n) is 4.78. The van der Waals surface area contributed by atoms with Crippen molar-refractivity contribution in [1.82, 2.24) is 4.98 Å². The van der Waals surface area contributed by atoms with E-state index in [1.807, 2.05) is 6.20 Å². The molecule has 0 aliphatic heterocycles. The van der Waals surface area contributed by atoms with Crippen molar-refractivity contribution in [2.45, 2.75) is 37.6 Å². The first-order chi connectivity index (χ1) is 8.24. The van der Waals surface area contributed by atoms with Gasteiger partial charge in [0.2, 0.25) is 0 Å². The Bertz CT molecular complexity index is 380. The molecule has 0 aromatic carbocycles. The Kier molecular flexibility index (Phi) is 4.31. The lowest BCUT2D eigenvalue weighted by Gasteiger charge is -2.26. The van der Waals surface area contributed by atoms with Crippen molar-refractivity contribution in [3.8, 4) is 0 Å². The predicted molar refractivity (Wildman–Crippen MR) is 71.0 cm³/mol. The number of methoxy groups -OCH3 is 2. The Morgan fingerprint density at radius 2 is 2.18 bits per heavy atom. The molecule has 2 rings (SSSR count). The van der Waals surface area contributed by atoms with E-state index in [0.29, 0.717) is 5.54 Å². The van der Waals surface area contributed by atoms with Crippen molar-refractivity contribution < 1.29 is 9.47 Å². The molecule has 4 heteroatoms. The number of ether oxygens (including phenoxy) is 2. The molecule has 1 unspecified atom stereocenters. The summed E-state index contributed by atoms with van der Waals surface area (Å²) in [5.74, 6) is 0.0223. The molecule has 1 atom stereocenters. The second-order valence-corrected chi connectivity index (χ2v) is 6.91. The topological polar surface area (TPSA) is 31.4 Å². The average Bonchev–Trinajstić information content (AvgIpc) is 2.35. The molecular formula is C13H21NO2Si. The molecular weight excluding hydrogens is 230 g/mol. The number of fused-ring (bicyclic) bond motifs is 1. The third-order valence-corrected chi connectivity index (χ3v) is 5.94. The molecule has 1 heterocycles. The maximum Gasteiger partial charge on any atom is 0.134 e. The fraction of sp³-hybridized carbons (Fsp3) is 0.615. The van der Waals surface area contributed by atoms with Crippen LogP contribution in [0.4, 0.5) is 0 Å². The Balaban J connectivity index is 2.16. The maximum absolute atomic E-state index is 5.35. The van der Waals surface area contributed by atoms with Crippen molar-refractivity contribution in [2.75, 3.05) is 14.2 Å². The summed E-state index contributed by atoms with van der Waals surface area (Å²) in [5, 5.41) is 0. The van der Waals surface area contributed by atoms with Crippen LogP contribution in [0.25, 0.3) is 0 Å². The molecule has 3 nitrogen and oxygen atoms in total. The number of aryl methyl sites for hydroxylation is 2. The highest BCUT2D eigenvalue weighted by Gasteiger charge is 2.25. The van der Waals surface area contributed by atoms with Gasteiger partial charge in [0.25, 0.3) is 0 Å². The van der Waals surface area contributed by atoms with Gasteiger partial charge in [-0.25, -0.2) is 0 Å². The second kappa shape index (κ2) is 5.75. The fourth-order valence-corrected chi connectivity index (χ4v) is 4.60. The summed E-state index contributed by atoms with van der Waals surface area (Å²) < 4.78 is 10.7. The normalized spacial score (nSPS) is 20.1. The van der Waals surface area contributed by atoms with Gasteiger partial charge in [0.1, 0.15) is 5.91 Å². The minimum atomic E-state index is -0.448. The van der Waals surface area contributed by atoms with Gasteiger partial charge in [-0.3, -0.25) is 4.98 Å². The van der Waals surface area contributed by atoms with E-state index in [2.05, 4.69) is 18.0 Å². The van der Waals surface area contributed by atoms with Crippen LogP contribution in [0.5, 0.6) is 0 Å². The third-order valence-electron chi connectivity index (χ3n) is 3.53. The molecule has 1 aromatic rings. The van der Waals surface area contributed by atoms with Gasteiger partial charge < -0.3 is 9.47 Å². The predicted octanol–water partition coefficient (Wildman–Crippen LogP) is 1.51. The number of aromatic nitrogens is 1. The average molecular weight is 251 g/mol. The Morgan fingerprint density at radius 1 is 1.41 bits per heavy atom. The summed E-state index contributed by atoms with van der Waals surface area (Å²) in [6, 6.07) is 2.29.